The highest BCUT2D eigenvalue weighted by Gasteiger charge is 2.26. The highest BCUT2D eigenvalue weighted by Crippen LogP contribution is 2.44. The minimum atomic E-state index is -0.438. The van der Waals surface area contributed by atoms with Gasteiger partial charge in [-0.25, -0.2) is 4.39 Å². The second-order valence-corrected chi connectivity index (χ2v) is 4.21. The Balaban J connectivity index is 2.49. The van der Waals surface area contributed by atoms with Crippen molar-refractivity contribution < 1.29 is 13.9 Å². The third-order valence-electron chi connectivity index (χ3n) is 2.68. The van der Waals surface area contributed by atoms with Crippen molar-refractivity contribution in [3.8, 4) is 11.5 Å². The summed E-state index contributed by atoms with van der Waals surface area (Å²) >= 11 is 5.80. The van der Waals surface area contributed by atoms with Gasteiger partial charge in [0.25, 0.3) is 0 Å². The summed E-state index contributed by atoms with van der Waals surface area (Å²) < 4.78 is 24.4. The SMILES string of the molecule is CC(CCN)c1c(F)c(Cl)cc2c1OCO2. The molecule has 1 heterocycles. The van der Waals surface area contributed by atoms with E-state index in [4.69, 9.17) is 26.8 Å². The molecule has 5 heteroatoms. The van der Waals surface area contributed by atoms with Gasteiger partial charge in [-0.15, -0.1) is 0 Å². The van der Waals surface area contributed by atoms with Gasteiger partial charge >= 0.3 is 0 Å². The number of rotatable bonds is 3. The minimum absolute atomic E-state index is 0.0425. The second-order valence-electron chi connectivity index (χ2n) is 3.80. The lowest BCUT2D eigenvalue weighted by Gasteiger charge is -2.15. The Bertz CT molecular complexity index is 411. The fraction of sp³-hybridized carbons (Fsp3) is 0.455. The average molecular weight is 246 g/mol. The summed E-state index contributed by atoms with van der Waals surface area (Å²) in [5, 5.41) is 0.0584. The van der Waals surface area contributed by atoms with Crippen LogP contribution in [-0.2, 0) is 0 Å². The van der Waals surface area contributed by atoms with Crippen LogP contribution in [0.25, 0.3) is 0 Å². The largest absolute Gasteiger partial charge is 0.454 e. The molecular formula is C11H13ClFNO2. The van der Waals surface area contributed by atoms with Crippen molar-refractivity contribution >= 4 is 11.6 Å². The van der Waals surface area contributed by atoms with Crippen LogP contribution in [0.5, 0.6) is 11.5 Å². The van der Waals surface area contributed by atoms with E-state index in [0.29, 0.717) is 30.0 Å². The second kappa shape index (κ2) is 4.47. The number of nitrogens with two attached hydrogens (primary N) is 1. The van der Waals surface area contributed by atoms with E-state index < -0.39 is 5.82 Å². The summed E-state index contributed by atoms with van der Waals surface area (Å²) in [6.45, 7) is 2.49. The van der Waals surface area contributed by atoms with Crippen LogP contribution in [0.3, 0.4) is 0 Å². The fourth-order valence-electron chi connectivity index (χ4n) is 1.85. The van der Waals surface area contributed by atoms with E-state index in [2.05, 4.69) is 0 Å². The van der Waals surface area contributed by atoms with Gasteiger partial charge in [-0.05, 0) is 18.9 Å². The van der Waals surface area contributed by atoms with Crippen LogP contribution < -0.4 is 15.2 Å². The van der Waals surface area contributed by atoms with Crippen molar-refractivity contribution in [3.63, 3.8) is 0 Å². The highest BCUT2D eigenvalue weighted by atomic mass is 35.5. The average Bonchev–Trinajstić information content (AvgIpc) is 2.67. The number of halogens is 2. The van der Waals surface area contributed by atoms with E-state index >= 15 is 0 Å². The molecule has 0 radical (unpaired) electrons. The zero-order valence-corrected chi connectivity index (χ0v) is 9.68. The maximum absolute atomic E-state index is 13.9. The molecule has 2 rings (SSSR count). The third-order valence-corrected chi connectivity index (χ3v) is 2.96. The Morgan fingerprint density at radius 1 is 1.56 bits per heavy atom. The van der Waals surface area contributed by atoms with E-state index in [9.17, 15) is 4.39 Å². The van der Waals surface area contributed by atoms with Crippen LogP contribution in [-0.4, -0.2) is 13.3 Å². The maximum atomic E-state index is 13.9. The molecule has 0 spiro atoms. The molecule has 1 aliphatic heterocycles. The van der Waals surface area contributed by atoms with Gasteiger partial charge in [0.05, 0.1) is 5.02 Å². The van der Waals surface area contributed by atoms with Gasteiger partial charge in [-0.1, -0.05) is 18.5 Å². The first-order chi connectivity index (χ1) is 7.65. The molecule has 0 saturated heterocycles. The lowest BCUT2D eigenvalue weighted by Crippen LogP contribution is -2.07. The number of hydrogen-bond donors (Lipinski definition) is 1. The Kier molecular flexibility index (Phi) is 3.21. The number of fused-ring (bicyclic) bond motifs is 1. The predicted octanol–water partition coefficient (Wildman–Crippen LogP) is 2.66. The Labute approximate surface area is 98.3 Å². The third kappa shape index (κ3) is 1.83. The summed E-state index contributed by atoms with van der Waals surface area (Å²) in [5.41, 5.74) is 5.94. The van der Waals surface area contributed by atoms with Crippen molar-refractivity contribution in [3.05, 3.63) is 22.5 Å². The van der Waals surface area contributed by atoms with Crippen molar-refractivity contribution in [2.24, 2.45) is 5.73 Å². The molecule has 1 atom stereocenters. The summed E-state index contributed by atoms with van der Waals surface area (Å²) in [4.78, 5) is 0. The molecule has 88 valence electrons. The molecule has 1 aliphatic rings. The van der Waals surface area contributed by atoms with Gasteiger partial charge in [0.1, 0.15) is 5.82 Å². The van der Waals surface area contributed by atoms with Crippen LogP contribution in [0.4, 0.5) is 4.39 Å². The van der Waals surface area contributed by atoms with E-state index in [1.54, 1.807) is 0 Å². The number of hydrogen-bond acceptors (Lipinski definition) is 3. The minimum Gasteiger partial charge on any atom is -0.454 e. The first-order valence-electron chi connectivity index (χ1n) is 5.12. The first kappa shape index (κ1) is 11.5. The van der Waals surface area contributed by atoms with Crippen LogP contribution >= 0.6 is 11.6 Å². The predicted molar refractivity (Wildman–Crippen MR) is 59.6 cm³/mol. The first-order valence-corrected chi connectivity index (χ1v) is 5.50. The summed E-state index contributed by atoms with van der Waals surface area (Å²) in [6.07, 6.45) is 0.674. The van der Waals surface area contributed by atoms with E-state index in [1.165, 1.54) is 6.07 Å². The molecule has 1 aromatic rings. The maximum Gasteiger partial charge on any atom is 0.231 e. The highest BCUT2D eigenvalue weighted by molar-refractivity contribution is 6.31. The van der Waals surface area contributed by atoms with Crippen LogP contribution in [0, 0.1) is 5.82 Å². The van der Waals surface area contributed by atoms with Crippen molar-refractivity contribution in [2.45, 2.75) is 19.3 Å². The zero-order chi connectivity index (χ0) is 11.7. The Hall–Kier alpha value is -1.00. The topological polar surface area (TPSA) is 44.5 Å². The van der Waals surface area contributed by atoms with Gasteiger partial charge < -0.3 is 15.2 Å². The van der Waals surface area contributed by atoms with Crippen LogP contribution in [0.15, 0.2) is 6.07 Å². The van der Waals surface area contributed by atoms with Crippen molar-refractivity contribution in [2.75, 3.05) is 13.3 Å². The van der Waals surface area contributed by atoms with E-state index in [-0.39, 0.29) is 17.7 Å². The molecule has 1 aromatic carbocycles. The summed E-state index contributed by atoms with van der Waals surface area (Å²) in [6, 6.07) is 1.44. The lowest BCUT2D eigenvalue weighted by atomic mass is 9.96. The quantitative estimate of drug-likeness (QED) is 0.891. The zero-order valence-electron chi connectivity index (χ0n) is 8.93. The molecule has 2 N–H and O–H groups in total. The van der Waals surface area contributed by atoms with Crippen molar-refractivity contribution in [1.82, 2.24) is 0 Å². The fourth-order valence-corrected chi connectivity index (χ4v) is 2.05. The molecule has 0 amide bonds. The van der Waals surface area contributed by atoms with Gasteiger partial charge in [0, 0.05) is 11.6 Å². The lowest BCUT2D eigenvalue weighted by molar-refractivity contribution is 0.172. The molecule has 0 aromatic heterocycles. The molecule has 0 fully saturated rings. The molecular weight excluding hydrogens is 233 g/mol. The smallest absolute Gasteiger partial charge is 0.231 e. The van der Waals surface area contributed by atoms with E-state index in [0.717, 1.165) is 0 Å². The number of benzene rings is 1. The monoisotopic (exact) mass is 245 g/mol. The molecule has 1 unspecified atom stereocenters. The van der Waals surface area contributed by atoms with Crippen LogP contribution in [0.1, 0.15) is 24.8 Å². The normalized spacial score (nSPS) is 15.2. The molecule has 0 saturated carbocycles. The van der Waals surface area contributed by atoms with Gasteiger partial charge in [0.2, 0.25) is 6.79 Å². The summed E-state index contributed by atoms with van der Waals surface area (Å²) in [5.74, 6) is 0.485. The van der Waals surface area contributed by atoms with Gasteiger partial charge in [0.15, 0.2) is 11.5 Å². The van der Waals surface area contributed by atoms with Crippen LogP contribution in [0.2, 0.25) is 5.02 Å². The molecule has 0 aliphatic carbocycles. The Morgan fingerprint density at radius 2 is 2.31 bits per heavy atom. The van der Waals surface area contributed by atoms with Gasteiger partial charge in [-0.3, -0.25) is 0 Å². The molecule has 3 nitrogen and oxygen atoms in total. The van der Waals surface area contributed by atoms with Crippen molar-refractivity contribution in [1.29, 1.82) is 0 Å². The Morgan fingerprint density at radius 3 is 3.00 bits per heavy atom. The summed E-state index contributed by atoms with van der Waals surface area (Å²) in [7, 11) is 0. The van der Waals surface area contributed by atoms with Gasteiger partial charge in [-0.2, -0.15) is 0 Å². The standard InChI is InChI=1S/C11H13ClFNO2/c1-6(2-3-14)9-10(13)7(12)4-8-11(9)16-5-15-8/h4,6H,2-3,5,14H2,1H3. The van der Waals surface area contributed by atoms with E-state index in [1.807, 2.05) is 6.92 Å². The number of ether oxygens (including phenoxy) is 2. The molecule has 0 bridgehead atoms. The molecule has 16 heavy (non-hydrogen) atoms.